The Morgan fingerprint density at radius 2 is 1.76 bits per heavy atom. The van der Waals surface area contributed by atoms with Gasteiger partial charge in [0.25, 0.3) is 11.7 Å². The van der Waals surface area contributed by atoms with Crippen LogP contribution >= 0.6 is 0 Å². The van der Waals surface area contributed by atoms with Gasteiger partial charge in [-0.1, -0.05) is 24.6 Å². The van der Waals surface area contributed by atoms with Gasteiger partial charge < -0.3 is 9.80 Å². The van der Waals surface area contributed by atoms with Crippen molar-refractivity contribution in [2.75, 3.05) is 31.1 Å². The lowest BCUT2D eigenvalue weighted by molar-refractivity contribution is 0.0739. The van der Waals surface area contributed by atoms with E-state index in [1.54, 1.807) is 4.52 Å². The van der Waals surface area contributed by atoms with Gasteiger partial charge >= 0.3 is 0 Å². The highest BCUT2D eigenvalue weighted by Crippen LogP contribution is 2.28. The molecule has 3 aromatic heterocycles. The monoisotopic (exact) mass is 456 g/mol. The second-order valence-electron chi connectivity index (χ2n) is 9.09. The number of aryl methyl sites for hydroxylation is 1. The predicted octanol–water partition coefficient (Wildman–Crippen LogP) is 2.85. The average Bonchev–Trinajstić information content (AvgIpc) is 3.41. The van der Waals surface area contributed by atoms with Crippen LogP contribution in [0.2, 0.25) is 0 Å². The Kier molecular flexibility index (Phi) is 5.24. The number of amides is 1. The summed E-state index contributed by atoms with van der Waals surface area (Å²) in [6.07, 6.45) is 6.85. The first-order chi connectivity index (χ1) is 16.7. The molecule has 0 N–H and O–H groups in total. The van der Waals surface area contributed by atoms with Crippen molar-refractivity contribution in [2.24, 2.45) is 0 Å². The Labute approximate surface area is 198 Å². The Bertz CT molecular complexity index is 1330. The van der Waals surface area contributed by atoms with Gasteiger partial charge in [-0.15, -0.1) is 0 Å². The minimum absolute atomic E-state index is 0.0456. The zero-order chi connectivity index (χ0) is 23.1. The van der Waals surface area contributed by atoms with Crippen molar-refractivity contribution in [2.45, 2.75) is 39.0 Å². The van der Waals surface area contributed by atoms with Crippen LogP contribution in [-0.4, -0.2) is 66.3 Å². The zero-order valence-corrected chi connectivity index (χ0v) is 19.4. The van der Waals surface area contributed by atoms with Crippen LogP contribution < -0.4 is 4.90 Å². The van der Waals surface area contributed by atoms with E-state index >= 15 is 0 Å². The molecule has 6 rings (SSSR count). The van der Waals surface area contributed by atoms with Gasteiger partial charge in [0.1, 0.15) is 12.1 Å². The fraction of sp³-hybridized carbons (Fsp3) is 0.400. The number of para-hydroxylation sites is 1. The Balaban J connectivity index is 1.26. The number of anilines is 1. The predicted molar refractivity (Wildman–Crippen MR) is 128 cm³/mol. The number of fused-ring (bicyclic) bond motifs is 2. The molecule has 2 aliphatic rings. The molecule has 1 fully saturated rings. The minimum Gasteiger partial charge on any atom is -0.353 e. The molecule has 0 unspecified atom stereocenters. The molecule has 1 aliphatic heterocycles. The number of piperazine rings is 1. The van der Waals surface area contributed by atoms with Gasteiger partial charge in [0.2, 0.25) is 0 Å². The van der Waals surface area contributed by atoms with Gasteiger partial charge in [0.05, 0.1) is 5.69 Å². The SMILES string of the molecule is Cc1cc(N2CCN(C(=O)c3nn(-c4ccccc4)c4c3CCCCC4)CC2)n2ncnc2n1. The average molecular weight is 457 g/mol. The molecular formula is C25H28N8O. The Hall–Kier alpha value is -3.75. The third-order valence-corrected chi connectivity index (χ3v) is 6.89. The number of rotatable bonds is 3. The Morgan fingerprint density at radius 1 is 0.971 bits per heavy atom. The molecule has 0 atom stereocenters. The number of hydrogen-bond acceptors (Lipinski definition) is 6. The first-order valence-corrected chi connectivity index (χ1v) is 12.1. The van der Waals surface area contributed by atoms with Crippen LogP contribution in [0.1, 0.15) is 46.7 Å². The largest absolute Gasteiger partial charge is 0.353 e. The summed E-state index contributed by atoms with van der Waals surface area (Å²) in [4.78, 5) is 26.6. The maximum atomic E-state index is 13.7. The highest BCUT2D eigenvalue weighted by molar-refractivity contribution is 5.94. The lowest BCUT2D eigenvalue weighted by Crippen LogP contribution is -2.49. The fourth-order valence-corrected chi connectivity index (χ4v) is 5.16. The smallest absolute Gasteiger partial charge is 0.274 e. The molecule has 1 aromatic carbocycles. The summed E-state index contributed by atoms with van der Waals surface area (Å²) in [6.45, 7) is 4.71. The zero-order valence-electron chi connectivity index (χ0n) is 19.4. The van der Waals surface area contributed by atoms with Crippen molar-refractivity contribution < 1.29 is 4.79 Å². The normalized spacial score (nSPS) is 16.5. The summed E-state index contributed by atoms with van der Waals surface area (Å²) in [5, 5.41) is 9.22. The van der Waals surface area contributed by atoms with Crippen LogP contribution in [0.4, 0.5) is 5.82 Å². The summed E-state index contributed by atoms with van der Waals surface area (Å²) in [7, 11) is 0. The van der Waals surface area contributed by atoms with E-state index in [-0.39, 0.29) is 5.91 Å². The molecule has 34 heavy (non-hydrogen) atoms. The molecule has 1 amide bonds. The van der Waals surface area contributed by atoms with E-state index in [2.05, 4.69) is 32.1 Å². The van der Waals surface area contributed by atoms with E-state index in [9.17, 15) is 4.79 Å². The highest BCUT2D eigenvalue weighted by Gasteiger charge is 2.30. The molecule has 0 spiro atoms. The van der Waals surface area contributed by atoms with Crippen LogP contribution in [0, 0.1) is 6.92 Å². The van der Waals surface area contributed by atoms with Crippen molar-refractivity contribution in [3.05, 3.63) is 65.4 Å². The van der Waals surface area contributed by atoms with Gasteiger partial charge in [-0.25, -0.2) is 9.67 Å². The molecule has 0 saturated carbocycles. The number of aromatic nitrogens is 6. The number of carbonyl (C=O) groups is 1. The van der Waals surface area contributed by atoms with Crippen molar-refractivity contribution in [3.8, 4) is 5.69 Å². The van der Waals surface area contributed by atoms with Gasteiger partial charge in [-0.3, -0.25) is 4.79 Å². The van der Waals surface area contributed by atoms with Crippen molar-refractivity contribution >= 4 is 17.5 Å². The van der Waals surface area contributed by atoms with Crippen LogP contribution in [0.15, 0.2) is 42.7 Å². The summed E-state index contributed by atoms with van der Waals surface area (Å²) in [6, 6.07) is 12.2. The molecule has 1 saturated heterocycles. The van der Waals surface area contributed by atoms with E-state index in [4.69, 9.17) is 5.10 Å². The lowest BCUT2D eigenvalue weighted by atomic mass is 10.1. The lowest BCUT2D eigenvalue weighted by Gasteiger charge is -2.35. The maximum Gasteiger partial charge on any atom is 0.274 e. The molecule has 4 heterocycles. The van der Waals surface area contributed by atoms with Gasteiger partial charge in [-0.05, 0) is 44.7 Å². The van der Waals surface area contributed by atoms with Gasteiger partial charge in [0, 0.05) is 49.2 Å². The van der Waals surface area contributed by atoms with Gasteiger partial charge in [-0.2, -0.15) is 19.7 Å². The second-order valence-corrected chi connectivity index (χ2v) is 9.09. The van der Waals surface area contributed by atoms with Crippen LogP contribution in [-0.2, 0) is 12.8 Å². The summed E-state index contributed by atoms with van der Waals surface area (Å²) >= 11 is 0. The second kappa shape index (κ2) is 8.55. The molecule has 9 nitrogen and oxygen atoms in total. The van der Waals surface area contributed by atoms with Crippen molar-refractivity contribution in [1.29, 1.82) is 0 Å². The van der Waals surface area contributed by atoms with Crippen molar-refractivity contribution in [1.82, 2.24) is 34.3 Å². The third kappa shape index (κ3) is 3.61. The first-order valence-electron chi connectivity index (χ1n) is 12.1. The summed E-state index contributed by atoms with van der Waals surface area (Å²) in [5.41, 5.74) is 4.90. The molecule has 0 bridgehead atoms. The van der Waals surface area contributed by atoms with Crippen LogP contribution in [0.25, 0.3) is 11.5 Å². The van der Waals surface area contributed by atoms with E-state index in [1.165, 1.54) is 18.4 Å². The maximum absolute atomic E-state index is 13.7. The number of hydrogen-bond donors (Lipinski definition) is 0. The van der Waals surface area contributed by atoms with E-state index in [0.29, 0.717) is 24.6 Å². The molecule has 174 valence electrons. The Morgan fingerprint density at radius 3 is 2.59 bits per heavy atom. The minimum atomic E-state index is 0.0456. The fourth-order valence-electron chi connectivity index (χ4n) is 5.16. The van der Waals surface area contributed by atoms with E-state index in [0.717, 1.165) is 61.5 Å². The molecule has 0 radical (unpaired) electrons. The van der Waals surface area contributed by atoms with Crippen LogP contribution in [0.3, 0.4) is 0 Å². The molecule has 9 heteroatoms. The summed E-state index contributed by atoms with van der Waals surface area (Å²) in [5.74, 6) is 1.61. The topological polar surface area (TPSA) is 84.5 Å². The van der Waals surface area contributed by atoms with E-state index in [1.807, 2.05) is 40.8 Å². The standard InChI is InChI=1S/C25H28N8O/c1-18-16-22(33-25(28-18)26-17-27-33)30-12-14-31(15-13-30)24(34)23-20-10-6-3-7-11-21(20)32(29-23)19-8-4-2-5-9-19/h2,4-5,8-9,16-17H,3,6-7,10-15H2,1H3. The quantitative estimate of drug-likeness (QED) is 0.441. The number of carbonyl (C=O) groups excluding carboxylic acids is 1. The van der Waals surface area contributed by atoms with Crippen LogP contribution in [0.5, 0.6) is 0 Å². The number of benzene rings is 1. The first kappa shape index (κ1) is 20.8. The third-order valence-electron chi connectivity index (χ3n) is 6.89. The van der Waals surface area contributed by atoms with Gasteiger partial charge in [0.15, 0.2) is 5.69 Å². The molecule has 1 aliphatic carbocycles. The molecule has 4 aromatic rings. The number of nitrogens with zero attached hydrogens (tertiary/aromatic N) is 8. The molecular weight excluding hydrogens is 428 g/mol. The van der Waals surface area contributed by atoms with Crippen molar-refractivity contribution in [3.63, 3.8) is 0 Å². The highest BCUT2D eigenvalue weighted by atomic mass is 16.2. The summed E-state index contributed by atoms with van der Waals surface area (Å²) < 4.78 is 3.78. The van der Waals surface area contributed by atoms with E-state index < -0.39 is 0 Å².